The summed E-state index contributed by atoms with van der Waals surface area (Å²) in [5, 5.41) is 4.08. The minimum absolute atomic E-state index is 0.683. The van der Waals surface area contributed by atoms with Gasteiger partial charge >= 0.3 is 0 Å². The molecule has 0 amide bonds. The highest BCUT2D eigenvalue weighted by Crippen LogP contribution is 2.16. The summed E-state index contributed by atoms with van der Waals surface area (Å²) >= 11 is 5.72. The van der Waals surface area contributed by atoms with E-state index in [0.29, 0.717) is 6.54 Å². The summed E-state index contributed by atoms with van der Waals surface area (Å²) in [6.07, 6.45) is 7.13. The van der Waals surface area contributed by atoms with Gasteiger partial charge in [0.1, 0.15) is 11.5 Å². The van der Waals surface area contributed by atoms with E-state index in [0.717, 1.165) is 35.4 Å². The Hall–Kier alpha value is -2.05. The minimum Gasteiger partial charge on any atom is -0.497 e. The molecule has 1 aliphatic heterocycles. The summed E-state index contributed by atoms with van der Waals surface area (Å²) in [7, 11) is 1.67. The van der Waals surface area contributed by atoms with Crippen LogP contribution in [-0.2, 0) is 6.54 Å². The second kappa shape index (κ2) is 10.3. The van der Waals surface area contributed by atoms with Crippen molar-refractivity contribution >= 4 is 23.0 Å². The third-order valence-electron chi connectivity index (χ3n) is 5.10. The maximum atomic E-state index is 5.72. The van der Waals surface area contributed by atoms with Crippen molar-refractivity contribution in [2.75, 3.05) is 38.6 Å². The van der Waals surface area contributed by atoms with Crippen molar-refractivity contribution in [3.05, 3.63) is 48.4 Å². The first kappa shape index (κ1) is 19.7. The molecule has 0 radical (unpaired) electrons. The van der Waals surface area contributed by atoms with Crippen LogP contribution in [0.25, 0.3) is 0 Å². The molecule has 2 N–H and O–H groups in total. The van der Waals surface area contributed by atoms with Crippen LogP contribution in [-0.4, -0.2) is 43.3 Å². The largest absolute Gasteiger partial charge is 0.497 e. The predicted molar refractivity (Wildman–Crippen MR) is 112 cm³/mol. The van der Waals surface area contributed by atoms with E-state index in [1.54, 1.807) is 18.3 Å². The SMILES string of the molecule is COc1ccc(NC(=S)N(CC[NH+]2CCCCCC2)Cc2ccco2)cc1. The van der Waals surface area contributed by atoms with Crippen molar-refractivity contribution in [3.8, 4) is 5.75 Å². The van der Waals surface area contributed by atoms with Gasteiger partial charge in [0.2, 0.25) is 0 Å². The van der Waals surface area contributed by atoms with Gasteiger partial charge < -0.3 is 24.3 Å². The Morgan fingerprint density at radius 3 is 2.52 bits per heavy atom. The summed E-state index contributed by atoms with van der Waals surface area (Å²) in [6, 6.07) is 11.8. The minimum atomic E-state index is 0.683. The summed E-state index contributed by atoms with van der Waals surface area (Å²) in [5.41, 5.74) is 0.965. The van der Waals surface area contributed by atoms with Crippen LogP contribution in [0.5, 0.6) is 5.75 Å². The molecule has 5 nitrogen and oxygen atoms in total. The normalized spacial score (nSPS) is 15.1. The third kappa shape index (κ3) is 6.26. The molecule has 3 rings (SSSR count). The average Bonchev–Trinajstić information content (AvgIpc) is 3.07. The number of quaternary nitrogens is 1. The Labute approximate surface area is 167 Å². The number of nitrogens with zero attached hydrogens (tertiary/aromatic N) is 1. The molecule has 0 bridgehead atoms. The molecule has 1 fully saturated rings. The van der Waals surface area contributed by atoms with Crippen LogP contribution in [0.2, 0.25) is 0 Å². The van der Waals surface area contributed by atoms with E-state index in [1.165, 1.54) is 38.8 Å². The van der Waals surface area contributed by atoms with Crippen LogP contribution in [0, 0.1) is 0 Å². The first-order valence-corrected chi connectivity index (χ1v) is 10.2. The zero-order valence-corrected chi connectivity index (χ0v) is 16.9. The first-order chi connectivity index (χ1) is 13.2. The zero-order valence-electron chi connectivity index (χ0n) is 16.1. The zero-order chi connectivity index (χ0) is 18.9. The number of furan rings is 1. The molecule has 0 saturated carbocycles. The first-order valence-electron chi connectivity index (χ1n) is 9.80. The smallest absolute Gasteiger partial charge is 0.174 e. The summed E-state index contributed by atoms with van der Waals surface area (Å²) in [6.45, 7) is 5.24. The molecule has 2 heterocycles. The van der Waals surface area contributed by atoms with E-state index in [-0.39, 0.29) is 0 Å². The van der Waals surface area contributed by atoms with Gasteiger partial charge in [0.05, 0.1) is 46.1 Å². The van der Waals surface area contributed by atoms with Crippen LogP contribution >= 0.6 is 12.2 Å². The number of methoxy groups -OCH3 is 1. The molecule has 1 saturated heterocycles. The maximum absolute atomic E-state index is 5.72. The van der Waals surface area contributed by atoms with Gasteiger partial charge in [-0.05, 0) is 74.3 Å². The van der Waals surface area contributed by atoms with Gasteiger partial charge in [0.15, 0.2) is 5.11 Å². The fraction of sp³-hybridized carbons (Fsp3) is 0.476. The fourth-order valence-corrected chi connectivity index (χ4v) is 3.77. The number of anilines is 1. The Morgan fingerprint density at radius 1 is 1.15 bits per heavy atom. The lowest BCUT2D eigenvalue weighted by molar-refractivity contribution is -0.898. The number of benzene rings is 1. The van der Waals surface area contributed by atoms with E-state index < -0.39 is 0 Å². The molecule has 0 atom stereocenters. The van der Waals surface area contributed by atoms with Gasteiger partial charge in [-0.2, -0.15) is 0 Å². The Balaban J connectivity index is 1.61. The predicted octanol–water partition coefficient (Wildman–Crippen LogP) is 2.95. The van der Waals surface area contributed by atoms with E-state index >= 15 is 0 Å². The number of ether oxygens (including phenoxy) is 1. The van der Waals surface area contributed by atoms with E-state index in [1.807, 2.05) is 36.4 Å². The molecule has 1 aliphatic rings. The lowest BCUT2D eigenvalue weighted by Gasteiger charge is -2.27. The van der Waals surface area contributed by atoms with Gasteiger partial charge in [-0.15, -0.1) is 0 Å². The van der Waals surface area contributed by atoms with Crippen molar-refractivity contribution < 1.29 is 14.1 Å². The molecule has 2 aromatic rings. The summed E-state index contributed by atoms with van der Waals surface area (Å²) in [4.78, 5) is 3.89. The fourth-order valence-electron chi connectivity index (χ4n) is 3.49. The van der Waals surface area contributed by atoms with Gasteiger partial charge in [-0.25, -0.2) is 0 Å². The quantitative estimate of drug-likeness (QED) is 0.714. The number of hydrogen-bond donors (Lipinski definition) is 2. The van der Waals surface area contributed by atoms with Gasteiger partial charge in [-0.1, -0.05) is 0 Å². The molecular formula is C21H30N3O2S+. The molecule has 1 aromatic carbocycles. The van der Waals surface area contributed by atoms with Crippen LogP contribution in [0.4, 0.5) is 5.69 Å². The molecule has 146 valence electrons. The van der Waals surface area contributed by atoms with Gasteiger partial charge in [-0.3, -0.25) is 0 Å². The highest BCUT2D eigenvalue weighted by molar-refractivity contribution is 7.80. The van der Waals surface area contributed by atoms with Gasteiger partial charge in [0, 0.05) is 5.69 Å². The number of thiocarbonyl (C=S) groups is 1. The Kier molecular flexibility index (Phi) is 7.54. The highest BCUT2D eigenvalue weighted by atomic mass is 32.1. The Morgan fingerprint density at radius 2 is 1.89 bits per heavy atom. The lowest BCUT2D eigenvalue weighted by atomic mass is 10.2. The molecule has 6 heteroatoms. The van der Waals surface area contributed by atoms with Crippen LogP contribution in [0.1, 0.15) is 31.4 Å². The average molecular weight is 389 g/mol. The van der Waals surface area contributed by atoms with Gasteiger partial charge in [0.25, 0.3) is 0 Å². The topological polar surface area (TPSA) is 42.1 Å². The van der Waals surface area contributed by atoms with Crippen LogP contribution in [0.15, 0.2) is 47.1 Å². The van der Waals surface area contributed by atoms with Crippen molar-refractivity contribution in [1.29, 1.82) is 0 Å². The Bertz CT molecular complexity index is 680. The van der Waals surface area contributed by atoms with Crippen LogP contribution < -0.4 is 15.0 Å². The summed E-state index contributed by atoms with van der Waals surface area (Å²) in [5.74, 6) is 1.77. The van der Waals surface area contributed by atoms with Crippen molar-refractivity contribution in [2.45, 2.75) is 32.2 Å². The molecule has 0 unspecified atom stereocenters. The summed E-state index contributed by atoms with van der Waals surface area (Å²) < 4.78 is 10.8. The molecule has 27 heavy (non-hydrogen) atoms. The van der Waals surface area contributed by atoms with Crippen molar-refractivity contribution in [2.24, 2.45) is 0 Å². The number of rotatable bonds is 7. The molecular weight excluding hydrogens is 358 g/mol. The highest BCUT2D eigenvalue weighted by Gasteiger charge is 2.17. The maximum Gasteiger partial charge on any atom is 0.174 e. The molecule has 1 aromatic heterocycles. The van der Waals surface area contributed by atoms with Crippen molar-refractivity contribution in [1.82, 2.24) is 4.90 Å². The molecule has 0 aliphatic carbocycles. The number of nitrogens with one attached hydrogen (secondary N) is 2. The van der Waals surface area contributed by atoms with E-state index in [9.17, 15) is 0 Å². The van der Waals surface area contributed by atoms with E-state index in [4.69, 9.17) is 21.4 Å². The van der Waals surface area contributed by atoms with Crippen LogP contribution in [0.3, 0.4) is 0 Å². The number of hydrogen-bond acceptors (Lipinski definition) is 3. The monoisotopic (exact) mass is 388 g/mol. The lowest BCUT2D eigenvalue weighted by Crippen LogP contribution is -3.12. The molecule has 0 spiro atoms. The second-order valence-corrected chi connectivity index (χ2v) is 7.46. The third-order valence-corrected chi connectivity index (χ3v) is 5.46. The number of likely N-dealkylation sites (tertiary alicyclic amines) is 1. The second-order valence-electron chi connectivity index (χ2n) is 7.07. The standard InChI is InChI=1S/C21H29N3O2S/c1-25-19-10-8-18(9-11-19)22-21(27)24(17-20-7-6-16-26-20)15-14-23-12-4-2-3-5-13-23/h6-11,16H,2-5,12-15,17H2,1H3,(H,22,27)/p+1. The van der Waals surface area contributed by atoms with Crippen molar-refractivity contribution in [3.63, 3.8) is 0 Å². The van der Waals surface area contributed by atoms with E-state index in [2.05, 4.69) is 10.2 Å².